The number of hydrogen-bond acceptors (Lipinski definition) is 5. The van der Waals surface area contributed by atoms with Gasteiger partial charge >= 0.3 is 5.97 Å². The molecule has 1 N–H and O–H groups in total. The summed E-state index contributed by atoms with van der Waals surface area (Å²) in [5, 5.41) is 17.7. The lowest BCUT2D eigenvalue weighted by molar-refractivity contribution is -0.142. The van der Waals surface area contributed by atoms with E-state index in [-0.39, 0.29) is 11.6 Å². The van der Waals surface area contributed by atoms with Crippen LogP contribution in [0.15, 0.2) is 12.4 Å². The van der Waals surface area contributed by atoms with E-state index in [4.69, 9.17) is 10.4 Å². The first-order chi connectivity index (χ1) is 8.60. The average molecular weight is 246 g/mol. The Hall–Kier alpha value is -2.16. The Balaban J connectivity index is 2.16. The average Bonchev–Trinajstić information content (AvgIpc) is 2.38. The van der Waals surface area contributed by atoms with Crippen molar-refractivity contribution in [2.24, 2.45) is 11.8 Å². The van der Waals surface area contributed by atoms with Gasteiger partial charge in [-0.15, -0.1) is 0 Å². The fourth-order valence-corrected chi connectivity index (χ4v) is 2.26. The van der Waals surface area contributed by atoms with Crippen molar-refractivity contribution in [2.75, 3.05) is 18.0 Å². The molecule has 1 fully saturated rings. The van der Waals surface area contributed by atoms with Crippen LogP contribution in [0.4, 0.5) is 5.82 Å². The molecule has 18 heavy (non-hydrogen) atoms. The molecule has 6 nitrogen and oxygen atoms in total. The number of nitriles is 1. The molecule has 2 atom stereocenters. The summed E-state index contributed by atoms with van der Waals surface area (Å²) in [5.41, 5.74) is 0.263. The summed E-state index contributed by atoms with van der Waals surface area (Å²) in [6.45, 7) is 3.24. The standard InChI is InChI=1S/C12H14N4O2/c1-8-2-9(12(17)18)7-16(6-8)11-5-14-10(3-13)4-15-11/h4-5,8-9H,2,6-7H2,1H3,(H,17,18). The number of nitrogens with zero attached hydrogens (tertiary/aromatic N) is 4. The SMILES string of the molecule is CC1CC(C(=O)O)CN(c2cnc(C#N)cn2)C1. The quantitative estimate of drug-likeness (QED) is 0.833. The number of aliphatic carboxylic acids is 1. The van der Waals surface area contributed by atoms with Crippen LogP contribution in [-0.2, 0) is 4.79 Å². The Labute approximate surface area is 105 Å². The van der Waals surface area contributed by atoms with E-state index in [0.29, 0.717) is 24.7 Å². The normalized spacial score (nSPS) is 23.4. The van der Waals surface area contributed by atoms with Gasteiger partial charge in [-0.05, 0) is 12.3 Å². The van der Waals surface area contributed by atoms with Crippen LogP contribution in [0.5, 0.6) is 0 Å². The number of carboxylic acids is 1. The molecule has 94 valence electrons. The number of hydrogen-bond donors (Lipinski definition) is 1. The summed E-state index contributed by atoms with van der Waals surface area (Å²) in [7, 11) is 0. The third kappa shape index (κ3) is 2.56. The Morgan fingerprint density at radius 3 is 2.83 bits per heavy atom. The summed E-state index contributed by atoms with van der Waals surface area (Å²) in [6, 6.07) is 1.91. The first-order valence-corrected chi connectivity index (χ1v) is 5.80. The predicted molar refractivity (Wildman–Crippen MR) is 63.9 cm³/mol. The van der Waals surface area contributed by atoms with Gasteiger partial charge in [0.25, 0.3) is 0 Å². The molecular formula is C12H14N4O2. The summed E-state index contributed by atoms with van der Waals surface area (Å²) in [4.78, 5) is 21.1. The molecule has 1 aromatic rings. The van der Waals surface area contributed by atoms with Crippen molar-refractivity contribution in [1.82, 2.24) is 9.97 Å². The molecule has 2 rings (SSSR count). The molecule has 1 aliphatic heterocycles. The van der Waals surface area contributed by atoms with Gasteiger partial charge in [0.05, 0.1) is 18.3 Å². The minimum absolute atomic E-state index is 0.263. The first-order valence-electron chi connectivity index (χ1n) is 5.80. The second-order valence-electron chi connectivity index (χ2n) is 4.65. The van der Waals surface area contributed by atoms with Crippen LogP contribution in [-0.4, -0.2) is 34.1 Å². The Bertz CT molecular complexity index is 480. The van der Waals surface area contributed by atoms with Crippen molar-refractivity contribution in [3.63, 3.8) is 0 Å². The zero-order valence-electron chi connectivity index (χ0n) is 10.1. The smallest absolute Gasteiger partial charge is 0.308 e. The maximum atomic E-state index is 11.1. The molecule has 0 amide bonds. The summed E-state index contributed by atoms with van der Waals surface area (Å²) < 4.78 is 0. The number of aromatic nitrogens is 2. The molecule has 1 aliphatic rings. The highest BCUT2D eigenvalue weighted by Crippen LogP contribution is 2.25. The second kappa shape index (κ2) is 5.00. The molecule has 2 unspecified atom stereocenters. The maximum Gasteiger partial charge on any atom is 0.308 e. The molecule has 0 radical (unpaired) electrons. The monoisotopic (exact) mass is 246 g/mol. The third-order valence-corrected chi connectivity index (χ3v) is 3.09. The van der Waals surface area contributed by atoms with Crippen LogP contribution in [0.2, 0.25) is 0 Å². The van der Waals surface area contributed by atoms with Gasteiger partial charge in [-0.2, -0.15) is 5.26 Å². The number of carbonyl (C=O) groups is 1. The molecule has 0 aromatic carbocycles. The van der Waals surface area contributed by atoms with Gasteiger partial charge < -0.3 is 10.0 Å². The highest BCUT2D eigenvalue weighted by molar-refractivity contribution is 5.71. The zero-order chi connectivity index (χ0) is 13.1. The molecule has 0 aliphatic carbocycles. The Morgan fingerprint density at radius 2 is 2.28 bits per heavy atom. The maximum absolute atomic E-state index is 11.1. The topological polar surface area (TPSA) is 90.1 Å². The number of anilines is 1. The van der Waals surface area contributed by atoms with Crippen molar-refractivity contribution < 1.29 is 9.90 Å². The van der Waals surface area contributed by atoms with E-state index in [9.17, 15) is 4.79 Å². The Morgan fingerprint density at radius 1 is 1.50 bits per heavy atom. The van der Waals surface area contributed by atoms with Crippen LogP contribution < -0.4 is 4.90 Å². The van der Waals surface area contributed by atoms with Gasteiger partial charge in [0.15, 0.2) is 5.69 Å². The van der Waals surface area contributed by atoms with Crippen molar-refractivity contribution in [3.8, 4) is 6.07 Å². The molecule has 1 aromatic heterocycles. The Kier molecular flexibility index (Phi) is 3.42. The van der Waals surface area contributed by atoms with Gasteiger partial charge in [-0.3, -0.25) is 4.79 Å². The van der Waals surface area contributed by atoms with Crippen LogP contribution >= 0.6 is 0 Å². The molecule has 1 saturated heterocycles. The highest BCUT2D eigenvalue weighted by Gasteiger charge is 2.30. The van der Waals surface area contributed by atoms with E-state index in [2.05, 4.69) is 9.97 Å². The molecular weight excluding hydrogens is 232 g/mol. The van der Waals surface area contributed by atoms with E-state index in [1.165, 1.54) is 12.4 Å². The number of carboxylic acid groups (broad SMARTS) is 1. The second-order valence-corrected chi connectivity index (χ2v) is 4.65. The summed E-state index contributed by atoms with van der Waals surface area (Å²) >= 11 is 0. The number of rotatable bonds is 2. The molecule has 0 saturated carbocycles. The van der Waals surface area contributed by atoms with E-state index >= 15 is 0 Å². The van der Waals surface area contributed by atoms with Crippen LogP contribution in [0, 0.1) is 23.2 Å². The van der Waals surface area contributed by atoms with E-state index in [0.717, 1.165) is 6.54 Å². The lowest BCUT2D eigenvalue weighted by atomic mass is 9.90. The van der Waals surface area contributed by atoms with Crippen molar-refractivity contribution in [3.05, 3.63) is 18.1 Å². The lowest BCUT2D eigenvalue weighted by Gasteiger charge is -2.35. The number of piperidine rings is 1. The van der Waals surface area contributed by atoms with Crippen LogP contribution in [0.3, 0.4) is 0 Å². The fourth-order valence-electron chi connectivity index (χ4n) is 2.26. The fraction of sp³-hybridized carbons (Fsp3) is 0.500. The largest absolute Gasteiger partial charge is 0.481 e. The highest BCUT2D eigenvalue weighted by atomic mass is 16.4. The van der Waals surface area contributed by atoms with Crippen molar-refractivity contribution in [2.45, 2.75) is 13.3 Å². The van der Waals surface area contributed by atoms with Crippen LogP contribution in [0.25, 0.3) is 0 Å². The van der Waals surface area contributed by atoms with E-state index < -0.39 is 5.97 Å². The molecule has 2 heterocycles. The van der Waals surface area contributed by atoms with Gasteiger partial charge in [0.2, 0.25) is 0 Å². The van der Waals surface area contributed by atoms with Gasteiger partial charge in [-0.25, -0.2) is 9.97 Å². The van der Waals surface area contributed by atoms with Crippen molar-refractivity contribution in [1.29, 1.82) is 5.26 Å². The van der Waals surface area contributed by atoms with Gasteiger partial charge in [-0.1, -0.05) is 6.92 Å². The summed E-state index contributed by atoms with van der Waals surface area (Å²) in [6.07, 6.45) is 3.62. The van der Waals surface area contributed by atoms with Gasteiger partial charge in [0.1, 0.15) is 11.9 Å². The lowest BCUT2D eigenvalue weighted by Crippen LogP contribution is -2.43. The third-order valence-electron chi connectivity index (χ3n) is 3.09. The van der Waals surface area contributed by atoms with Gasteiger partial charge in [0, 0.05) is 13.1 Å². The summed E-state index contributed by atoms with van der Waals surface area (Å²) in [5.74, 6) is -0.205. The molecule has 6 heteroatoms. The minimum Gasteiger partial charge on any atom is -0.481 e. The van der Waals surface area contributed by atoms with Crippen LogP contribution in [0.1, 0.15) is 19.0 Å². The van der Waals surface area contributed by atoms with Crippen molar-refractivity contribution >= 4 is 11.8 Å². The van der Waals surface area contributed by atoms with E-state index in [1.807, 2.05) is 17.9 Å². The minimum atomic E-state index is -0.770. The first kappa shape index (κ1) is 12.3. The molecule has 0 bridgehead atoms. The predicted octanol–water partition coefficient (Wildman–Crippen LogP) is 0.895. The zero-order valence-corrected chi connectivity index (χ0v) is 10.1. The molecule has 0 spiro atoms. The van der Waals surface area contributed by atoms with E-state index in [1.54, 1.807) is 0 Å².